The highest BCUT2D eigenvalue weighted by Gasteiger charge is 2.22. The quantitative estimate of drug-likeness (QED) is 0.761. The Balaban J connectivity index is 1.55. The second kappa shape index (κ2) is 6.42. The number of nitrogens with one attached hydrogen (secondary N) is 1. The van der Waals surface area contributed by atoms with Gasteiger partial charge >= 0.3 is 0 Å². The molecule has 0 spiro atoms. The number of aromatic amines is 1. The molecule has 3 rings (SSSR count). The summed E-state index contributed by atoms with van der Waals surface area (Å²) in [6.45, 7) is 2.74. The molecule has 0 bridgehead atoms. The van der Waals surface area contributed by atoms with Crippen molar-refractivity contribution in [2.45, 2.75) is 6.42 Å². The number of rotatable bonds is 4. The van der Waals surface area contributed by atoms with Gasteiger partial charge in [0, 0.05) is 37.4 Å². The first kappa shape index (κ1) is 14.9. The molecule has 2 heterocycles. The van der Waals surface area contributed by atoms with Crippen molar-refractivity contribution in [1.82, 2.24) is 25.5 Å². The fourth-order valence-corrected chi connectivity index (χ4v) is 2.56. The maximum absolute atomic E-state index is 12.2. The van der Waals surface area contributed by atoms with Crippen LogP contribution in [0.4, 0.5) is 5.69 Å². The smallest absolute Gasteiger partial charge is 0.248 e. The summed E-state index contributed by atoms with van der Waals surface area (Å²) in [4.78, 5) is 27.2. The summed E-state index contributed by atoms with van der Waals surface area (Å²) in [5, 5.41) is 13.2. The lowest BCUT2D eigenvalue weighted by Crippen LogP contribution is -2.49. The van der Waals surface area contributed by atoms with Crippen LogP contribution in [-0.2, 0) is 11.2 Å². The van der Waals surface area contributed by atoms with E-state index in [1.54, 1.807) is 17.0 Å². The molecular weight excluding hydrogens is 298 g/mol. The third kappa shape index (κ3) is 3.44. The molecule has 120 valence electrons. The highest BCUT2D eigenvalue weighted by molar-refractivity contribution is 5.93. The van der Waals surface area contributed by atoms with Crippen LogP contribution < -0.4 is 10.6 Å². The zero-order chi connectivity index (χ0) is 16.2. The Morgan fingerprint density at radius 2 is 1.83 bits per heavy atom. The van der Waals surface area contributed by atoms with Crippen molar-refractivity contribution in [3.63, 3.8) is 0 Å². The number of aromatic nitrogens is 4. The summed E-state index contributed by atoms with van der Waals surface area (Å²) in [6, 6.07) is 7.17. The lowest BCUT2D eigenvalue weighted by molar-refractivity contribution is -0.130. The zero-order valence-corrected chi connectivity index (χ0v) is 12.5. The van der Waals surface area contributed by atoms with Crippen LogP contribution in [0.15, 0.2) is 24.3 Å². The number of H-pyrrole nitrogens is 1. The number of anilines is 1. The molecule has 23 heavy (non-hydrogen) atoms. The van der Waals surface area contributed by atoms with Crippen molar-refractivity contribution in [1.29, 1.82) is 0 Å². The van der Waals surface area contributed by atoms with Crippen LogP contribution in [0.1, 0.15) is 16.2 Å². The molecule has 0 aliphatic carbocycles. The molecule has 0 unspecified atom stereocenters. The van der Waals surface area contributed by atoms with E-state index < -0.39 is 5.91 Å². The van der Waals surface area contributed by atoms with Crippen molar-refractivity contribution in [2.75, 3.05) is 31.1 Å². The summed E-state index contributed by atoms with van der Waals surface area (Å²) in [6.07, 6.45) is 0.181. The van der Waals surface area contributed by atoms with E-state index in [0.717, 1.165) is 18.8 Å². The number of benzene rings is 1. The van der Waals surface area contributed by atoms with Gasteiger partial charge in [-0.15, -0.1) is 5.10 Å². The van der Waals surface area contributed by atoms with Crippen molar-refractivity contribution >= 4 is 17.5 Å². The molecule has 3 N–H and O–H groups in total. The van der Waals surface area contributed by atoms with Gasteiger partial charge in [-0.3, -0.25) is 9.59 Å². The second-order valence-electron chi connectivity index (χ2n) is 5.30. The molecule has 2 aromatic rings. The number of hydrogen-bond donors (Lipinski definition) is 2. The molecule has 1 aliphatic rings. The fourth-order valence-electron chi connectivity index (χ4n) is 2.56. The lowest BCUT2D eigenvalue weighted by Gasteiger charge is -2.36. The van der Waals surface area contributed by atoms with Crippen molar-refractivity contribution in [3.05, 3.63) is 35.7 Å². The first-order valence-electron chi connectivity index (χ1n) is 7.28. The Hall–Kier alpha value is -2.97. The Labute approximate surface area is 132 Å². The molecule has 1 aromatic heterocycles. The normalized spacial score (nSPS) is 14.8. The summed E-state index contributed by atoms with van der Waals surface area (Å²) >= 11 is 0. The van der Waals surface area contributed by atoms with Crippen LogP contribution in [0.5, 0.6) is 0 Å². The van der Waals surface area contributed by atoms with E-state index in [0.29, 0.717) is 24.5 Å². The molecule has 9 nitrogen and oxygen atoms in total. The Bertz CT molecular complexity index is 676. The average molecular weight is 315 g/mol. The highest BCUT2D eigenvalue weighted by atomic mass is 16.2. The standard InChI is InChI=1S/C14H17N7O2/c15-14(23)10-1-3-11(4-2-10)20-5-7-21(8-6-20)13(22)9-12-16-18-19-17-12/h1-4H,5-9H2,(H2,15,23)(H,16,17,18,19). The van der Waals surface area contributed by atoms with Gasteiger partial charge in [-0.1, -0.05) is 0 Å². The summed E-state index contributed by atoms with van der Waals surface area (Å²) in [5.74, 6) is 0.0422. The molecule has 1 aliphatic heterocycles. The van der Waals surface area contributed by atoms with E-state index >= 15 is 0 Å². The number of primary amides is 1. The van der Waals surface area contributed by atoms with Crippen LogP contribution in [0.25, 0.3) is 0 Å². The number of nitrogens with zero attached hydrogens (tertiary/aromatic N) is 5. The Morgan fingerprint density at radius 3 is 2.39 bits per heavy atom. The maximum atomic E-state index is 12.2. The molecule has 0 saturated carbocycles. The number of hydrogen-bond acceptors (Lipinski definition) is 6. The summed E-state index contributed by atoms with van der Waals surface area (Å²) in [7, 11) is 0. The van der Waals surface area contributed by atoms with Gasteiger partial charge in [0.15, 0.2) is 5.82 Å². The minimum absolute atomic E-state index is 0.00674. The lowest BCUT2D eigenvalue weighted by atomic mass is 10.1. The number of amides is 2. The van der Waals surface area contributed by atoms with E-state index in [4.69, 9.17) is 5.73 Å². The van der Waals surface area contributed by atoms with Gasteiger partial charge < -0.3 is 15.5 Å². The van der Waals surface area contributed by atoms with Gasteiger partial charge in [0.1, 0.15) is 0 Å². The van der Waals surface area contributed by atoms with Gasteiger partial charge in [-0.05, 0) is 34.7 Å². The van der Waals surface area contributed by atoms with Gasteiger partial charge in [0.05, 0.1) is 6.42 Å². The van der Waals surface area contributed by atoms with E-state index in [9.17, 15) is 9.59 Å². The molecule has 2 amide bonds. The minimum atomic E-state index is -0.436. The van der Waals surface area contributed by atoms with E-state index in [1.807, 2.05) is 12.1 Å². The van der Waals surface area contributed by atoms with Gasteiger partial charge in [0.25, 0.3) is 0 Å². The molecule has 9 heteroatoms. The van der Waals surface area contributed by atoms with Crippen molar-refractivity contribution in [2.24, 2.45) is 5.73 Å². The molecule has 0 atom stereocenters. The summed E-state index contributed by atoms with van der Waals surface area (Å²) in [5.41, 5.74) is 6.74. The summed E-state index contributed by atoms with van der Waals surface area (Å²) < 4.78 is 0. The Morgan fingerprint density at radius 1 is 1.13 bits per heavy atom. The molecule has 1 saturated heterocycles. The third-order valence-electron chi connectivity index (χ3n) is 3.86. The Kier molecular flexibility index (Phi) is 4.18. The first-order valence-corrected chi connectivity index (χ1v) is 7.28. The van der Waals surface area contributed by atoms with E-state index in [-0.39, 0.29) is 12.3 Å². The number of carbonyl (C=O) groups excluding carboxylic acids is 2. The van der Waals surface area contributed by atoms with Crippen LogP contribution in [0.3, 0.4) is 0 Å². The fraction of sp³-hybridized carbons (Fsp3) is 0.357. The van der Waals surface area contributed by atoms with Crippen LogP contribution in [-0.4, -0.2) is 63.5 Å². The van der Waals surface area contributed by atoms with Crippen molar-refractivity contribution in [3.8, 4) is 0 Å². The van der Waals surface area contributed by atoms with E-state index in [2.05, 4.69) is 25.5 Å². The highest BCUT2D eigenvalue weighted by Crippen LogP contribution is 2.17. The van der Waals surface area contributed by atoms with Crippen LogP contribution >= 0.6 is 0 Å². The first-order chi connectivity index (χ1) is 11.1. The number of tetrazole rings is 1. The van der Waals surface area contributed by atoms with Gasteiger partial charge in [0.2, 0.25) is 11.8 Å². The number of nitrogens with two attached hydrogens (primary N) is 1. The van der Waals surface area contributed by atoms with Gasteiger partial charge in [-0.25, -0.2) is 5.10 Å². The zero-order valence-electron chi connectivity index (χ0n) is 12.5. The SMILES string of the molecule is NC(=O)c1ccc(N2CCN(C(=O)Cc3nnn[nH]3)CC2)cc1. The largest absolute Gasteiger partial charge is 0.368 e. The number of piperazine rings is 1. The predicted octanol–water partition coefficient (Wildman–Crippen LogP) is -0.810. The van der Waals surface area contributed by atoms with Crippen LogP contribution in [0.2, 0.25) is 0 Å². The second-order valence-corrected chi connectivity index (χ2v) is 5.30. The molecular formula is C14H17N7O2. The van der Waals surface area contributed by atoms with Crippen LogP contribution in [0, 0.1) is 0 Å². The average Bonchev–Trinajstić information content (AvgIpc) is 3.08. The monoisotopic (exact) mass is 315 g/mol. The maximum Gasteiger partial charge on any atom is 0.248 e. The topological polar surface area (TPSA) is 121 Å². The van der Waals surface area contributed by atoms with E-state index in [1.165, 1.54) is 0 Å². The number of carbonyl (C=O) groups is 2. The van der Waals surface area contributed by atoms with Gasteiger partial charge in [-0.2, -0.15) is 0 Å². The molecule has 1 fully saturated rings. The molecule has 0 radical (unpaired) electrons. The third-order valence-corrected chi connectivity index (χ3v) is 3.86. The molecule has 1 aromatic carbocycles. The minimum Gasteiger partial charge on any atom is -0.368 e. The van der Waals surface area contributed by atoms with Crippen molar-refractivity contribution < 1.29 is 9.59 Å². The predicted molar refractivity (Wildman–Crippen MR) is 81.6 cm³/mol.